The van der Waals surface area contributed by atoms with Crippen molar-refractivity contribution in [2.24, 2.45) is 0 Å². The van der Waals surface area contributed by atoms with Crippen LogP contribution in [-0.2, 0) is 9.84 Å². The van der Waals surface area contributed by atoms with E-state index < -0.39 is 9.84 Å². The molecular weight excluding hydrogens is 218 g/mol. The molecule has 0 saturated carbocycles. The van der Waals surface area contributed by atoms with Gasteiger partial charge in [0.1, 0.15) is 0 Å². The molecule has 0 aliphatic rings. The third kappa shape index (κ3) is 8.59. The molecule has 0 heterocycles. The van der Waals surface area contributed by atoms with Crippen LogP contribution in [0.5, 0.6) is 0 Å². The zero-order valence-electron chi connectivity index (χ0n) is 8.66. The van der Waals surface area contributed by atoms with Gasteiger partial charge >= 0.3 is 0 Å². The summed E-state index contributed by atoms with van der Waals surface area (Å²) < 4.78 is 22.2. The van der Waals surface area contributed by atoms with Crippen LogP contribution in [-0.4, -0.2) is 44.5 Å². The maximum Gasteiger partial charge on any atom is 0.151 e. The minimum atomic E-state index is -2.80. The van der Waals surface area contributed by atoms with E-state index in [1.54, 1.807) is 18.7 Å². The summed E-state index contributed by atoms with van der Waals surface area (Å²) >= 11 is 1.79. The fraction of sp³-hybridized carbons (Fsp3) is 0.778. The Bertz CT molecular complexity index is 237. The predicted molar refractivity (Wildman–Crippen MR) is 64.7 cm³/mol. The first-order valence-corrected chi connectivity index (χ1v) is 7.69. The van der Waals surface area contributed by atoms with Gasteiger partial charge in [-0.3, -0.25) is 0 Å². The van der Waals surface area contributed by atoms with E-state index in [9.17, 15) is 8.42 Å². The van der Waals surface area contributed by atoms with E-state index in [0.29, 0.717) is 6.54 Å². The van der Waals surface area contributed by atoms with Crippen molar-refractivity contribution in [1.82, 2.24) is 5.32 Å². The molecule has 0 aromatic rings. The van der Waals surface area contributed by atoms with Crippen molar-refractivity contribution < 1.29 is 8.42 Å². The van der Waals surface area contributed by atoms with Gasteiger partial charge in [0.15, 0.2) is 9.84 Å². The molecule has 0 unspecified atom stereocenters. The molecule has 14 heavy (non-hydrogen) atoms. The van der Waals surface area contributed by atoms with Crippen molar-refractivity contribution in [3.63, 3.8) is 0 Å². The fourth-order valence-corrected chi connectivity index (χ4v) is 2.17. The summed E-state index contributed by atoms with van der Waals surface area (Å²) in [5, 5.41) is 3.10. The molecule has 5 heteroatoms. The van der Waals surface area contributed by atoms with Gasteiger partial charge in [-0.2, -0.15) is 11.8 Å². The molecule has 3 nitrogen and oxygen atoms in total. The van der Waals surface area contributed by atoms with Crippen LogP contribution in [0, 0.1) is 0 Å². The monoisotopic (exact) mass is 237 g/mol. The lowest BCUT2D eigenvalue weighted by molar-refractivity contribution is 0.593. The zero-order chi connectivity index (χ0) is 10.9. The first-order valence-electron chi connectivity index (χ1n) is 4.72. The van der Waals surface area contributed by atoms with Crippen molar-refractivity contribution in [1.29, 1.82) is 0 Å². The zero-order valence-corrected chi connectivity index (χ0v) is 10.3. The molecule has 0 aliphatic heterocycles. The molecule has 0 amide bonds. The van der Waals surface area contributed by atoms with E-state index >= 15 is 0 Å². The number of hydrogen-bond acceptors (Lipinski definition) is 4. The second kappa shape index (κ2) is 8.32. The van der Waals surface area contributed by atoms with Crippen molar-refractivity contribution in [3.8, 4) is 0 Å². The Balaban J connectivity index is 3.26. The van der Waals surface area contributed by atoms with Crippen LogP contribution < -0.4 is 5.32 Å². The molecule has 0 saturated heterocycles. The van der Waals surface area contributed by atoms with Crippen molar-refractivity contribution >= 4 is 21.6 Å². The number of rotatable bonds is 9. The molecule has 0 aromatic heterocycles. The molecule has 0 aliphatic carbocycles. The number of hydrogen-bond donors (Lipinski definition) is 1. The highest BCUT2D eigenvalue weighted by atomic mass is 32.2. The Morgan fingerprint density at radius 3 is 2.71 bits per heavy atom. The number of nitrogens with one attached hydrogen (secondary N) is 1. The molecule has 0 fully saturated rings. The molecule has 0 bridgehead atoms. The minimum absolute atomic E-state index is 0.236. The minimum Gasteiger partial charge on any atom is -0.315 e. The topological polar surface area (TPSA) is 46.2 Å². The van der Waals surface area contributed by atoms with Gasteiger partial charge in [0.2, 0.25) is 0 Å². The lowest BCUT2D eigenvalue weighted by Crippen LogP contribution is -2.25. The van der Waals surface area contributed by atoms with Crippen LogP contribution in [0.3, 0.4) is 0 Å². The molecule has 0 spiro atoms. The van der Waals surface area contributed by atoms with Gasteiger partial charge in [0.25, 0.3) is 0 Å². The van der Waals surface area contributed by atoms with E-state index in [-0.39, 0.29) is 11.5 Å². The standard InChI is InChI=1S/C9H19NO2S2/c1-3-7-13-8-5-10-6-9-14(11,12)4-2/h3,10H,1,4-9H2,2H3. The second-order valence-corrected chi connectivity index (χ2v) is 6.47. The van der Waals surface area contributed by atoms with Crippen LogP contribution in [0.25, 0.3) is 0 Å². The van der Waals surface area contributed by atoms with Crippen LogP contribution in [0.4, 0.5) is 0 Å². The lowest BCUT2D eigenvalue weighted by atomic mass is 10.7. The van der Waals surface area contributed by atoms with Crippen LogP contribution >= 0.6 is 11.8 Å². The predicted octanol–water partition coefficient (Wildman–Crippen LogP) is 0.930. The number of thioether (sulfide) groups is 1. The van der Waals surface area contributed by atoms with Crippen molar-refractivity contribution in [2.75, 3.05) is 36.1 Å². The summed E-state index contributed by atoms with van der Waals surface area (Å²) in [6.45, 7) is 6.71. The van der Waals surface area contributed by atoms with Crippen molar-refractivity contribution in [2.45, 2.75) is 6.92 Å². The molecule has 0 rings (SSSR count). The molecule has 0 atom stereocenters. The Labute approximate surface area is 91.3 Å². The number of sulfone groups is 1. The maximum atomic E-state index is 11.1. The van der Waals surface area contributed by atoms with Gasteiger partial charge in [0, 0.05) is 30.3 Å². The summed E-state index contributed by atoms with van der Waals surface area (Å²) in [5.74, 6) is 2.43. The van der Waals surface area contributed by atoms with Gasteiger partial charge in [-0.1, -0.05) is 13.0 Å². The normalized spacial score (nSPS) is 11.5. The van der Waals surface area contributed by atoms with Gasteiger partial charge in [0.05, 0.1) is 5.75 Å². The third-order valence-electron chi connectivity index (χ3n) is 1.69. The Morgan fingerprint density at radius 2 is 2.14 bits per heavy atom. The Morgan fingerprint density at radius 1 is 1.43 bits per heavy atom. The second-order valence-electron chi connectivity index (χ2n) is 2.85. The molecule has 0 radical (unpaired) electrons. The highest BCUT2D eigenvalue weighted by molar-refractivity contribution is 7.99. The van der Waals surface area contributed by atoms with Gasteiger partial charge in [-0.15, -0.1) is 6.58 Å². The first-order chi connectivity index (χ1) is 6.62. The van der Waals surface area contributed by atoms with Gasteiger partial charge in [-0.25, -0.2) is 8.42 Å². The average molecular weight is 237 g/mol. The summed E-state index contributed by atoms with van der Waals surface area (Å²) in [4.78, 5) is 0. The van der Waals surface area contributed by atoms with Crippen molar-refractivity contribution in [3.05, 3.63) is 12.7 Å². The summed E-state index contributed by atoms with van der Waals surface area (Å²) in [5.41, 5.74) is 0. The lowest BCUT2D eigenvalue weighted by Gasteiger charge is -2.03. The van der Waals surface area contributed by atoms with Crippen LogP contribution in [0.2, 0.25) is 0 Å². The van der Waals surface area contributed by atoms with E-state index in [0.717, 1.165) is 18.1 Å². The first kappa shape index (κ1) is 14.0. The largest absolute Gasteiger partial charge is 0.315 e. The fourth-order valence-electron chi connectivity index (χ4n) is 0.808. The van der Waals surface area contributed by atoms with Crippen LogP contribution in [0.1, 0.15) is 6.92 Å². The SMILES string of the molecule is C=CCSCCNCCS(=O)(=O)CC. The van der Waals surface area contributed by atoms with Gasteiger partial charge < -0.3 is 5.32 Å². The highest BCUT2D eigenvalue weighted by Crippen LogP contribution is 1.96. The molecule has 0 aromatic carbocycles. The smallest absolute Gasteiger partial charge is 0.151 e. The quantitative estimate of drug-likeness (QED) is 0.479. The summed E-state index contributed by atoms with van der Waals surface area (Å²) in [6.07, 6.45) is 1.87. The van der Waals surface area contributed by atoms with E-state index in [2.05, 4.69) is 11.9 Å². The van der Waals surface area contributed by atoms with Crippen LogP contribution in [0.15, 0.2) is 12.7 Å². The molecule has 84 valence electrons. The van der Waals surface area contributed by atoms with E-state index in [4.69, 9.17) is 0 Å². The summed E-state index contributed by atoms with van der Waals surface area (Å²) in [6, 6.07) is 0. The van der Waals surface area contributed by atoms with E-state index in [1.165, 1.54) is 0 Å². The molecular formula is C9H19NO2S2. The Hall–Kier alpha value is -0.0000000000000000555. The third-order valence-corrected chi connectivity index (χ3v) is 4.36. The average Bonchev–Trinajstić information content (AvgIpc) is 2.16. The summed E-state index contributed by atoms with van der Waals surface area (Å²) in [7, 11) is -2.80. The highest BCUT2D eigenvalue weighted by Gasteiger charge is 2.05. The van der Waals surface area contributed by atoms with Gasteiger partial charge in [-0.05, 0) is 0 Å². The Kier molecular flexibility index (Phi) is 8.32. The molecule has 1 N–H and O–H groups in total. The van der Waals surface area contributed by atoms with E-state index in [1.807, 2.05) is 6.08 Å². The maximum absolute atomic E-state index is 11.1.